The number of aromatic nitrogens is 2. The Balaban J connectivity index is 0.000000346. The number of thiophene rings is 1. The minimum absolute atomic E-state index is 0.0452. The molecule has 3 N–H and O–H groups in total. The van der Waals surface area contributed by atoms with Crippen molar-refractivity contribution in [3.05, 3.63) is 40.5 Å². The highest BCUT2D eigenvalue weighted by Crippen LogP contribution is 2.48. The summed E-state index contributed by atoms with van der Waals surface area (Å²) in [5.74, 6) is -0.509. The van der Waals surface area contributed by atoms with Crippen LogP contribution in [-0.4, -0.2) is 95.1 Å². The van der Waals surface area contributed by atoms with Crippen molar-refractivity contribution in [1.82, 2.24) is 19.8 Å². The lowest BCUT2D eigenvalue weighted by Gasteiger charge is -2.42. The van der Waals surface area contributed by atoms with Gasteiger partial charge in [-0.05, 0) is 68.3 Å². The molecule has 4 aromatic rings. The number of aliphatic hydroxyl groups excluding tert-OH is 1. The summed E-state index contributed by atoms with van der Waals surface area (Å²) in [5.41, 5.74) is 8.30. The normalized spacial score (nSPS) is 25.1. The summed E-state index contributed by atoms with van der Waals surface area (Å²) in [4.78, 5) is 16.1. The smallest absolute Gasteiger partial charge is 0.318 e. The number of aliphatic hydroxyl groups is 1. The van der Waals surface area contributed by atoms with Gasteiger partial charge in [-0.2, -0.15) is 15.2 Å². The van der Waals surface area contributed by atoms with Gasteiger partial charge in [-0.15, -0.1) is 11.3 Å². The van der Waals surface area contributed by atoms with Crippen LogP contribution in [0.4, 0.5) is 24.0 Å². The Labute approximate surface area is 292 Å². The third kappa shape index (κ3) is 5.54. The summed E-state index contributed by atoms with van der Waals surface area (Å²) in [6.45, 7) is 6.16. The lowest BCUT2D eigenvalue weighted by Crippen LogP contribution is -2.55. The second-order valence-electron chi connectivity index (χ2n) is 14.1. The first kappa shape index (κ1) is 33.4. The van der Waals surface area contributed by atoms with E-state index in [2.05, 4.69) is 25.8 Å². The highest BCUT2D eigenvalue weighted by Gasteiger charge is 2.43. The number of β-amino-alcohol motifs (C(OH)–C–C–N with tert-alkyl or cyclic N) is 1. The van der Waals surface area contributed by atoms with Gasteiger partial charge in [0, 0.05) is 55.3 Å². The molecule has 0 aliphatic carbocycles. The number of anilines is 2. The number of methoxy groups -OCH3 is 1. The molecule has 2 aromatic heterocycles. The number of hydrogen-bond donors (Lipinski definition) is 2. The molecule has 0 saturated carbocycles. The van der Waals surface area contributed by atoms with E-state index in [1.165, 1.54) is 32.1 Å². The third-order valence-electron chi connectivity index (χ3n) is 10.9. The third-order valence-corrected chi connectivity index (χ3v) is 12.0. The maximum atomic E-state index is 16.9. The fraction of sp³-hybridized carbons (Fsp3) is 0.528. The minimum Gasteiger partial charge on any atom is -0.467 e. The zero-order valence-electron chi connectivity index (χ0n) is 28.1. The molecule has 5 unspecified atom stereocenters. The van der Waals surface area contributed by atoms with Crippen LogP contribution in [0.25, 0.3) is 32.1 Å². The van der Waals surface area contributed by atoms with Crippen LogP contribution in [0.2, 0.25) is 0 Å². The van der Waals surface area contributed by atoms with Crippen LogP contribution in [0.1, 0.15) is 55.7 Å². The number of likely N-dealkylation sites (tertiary alicyclic amines) is 1. The van der Waals surface area contributed by atoms with Crippen molar-refractivity contribution in [2.24, 2.45) is 0 Å². The summed E-state index contributed by atoms with van der Waals surface area (Å²) in [7, 11) is 1.45. The average Bonchev–Trinajstić information content (AvgIpc) is 3.91. The second kappa shape index (κ2) is 13.1. The zero-order valence-corrected chi connectivity index (χ0v) is 28.9. The molecule has 14 heteroatoms. The Hall–Kier alpha value is -3.74. The molecule has 0 spiro atoms. The van der Waals surface area contributed by atoms with Crippen molar-refractivity contribution in [2.75, 3.05) is 50.5 Å². The SMILES string of the molecule is COc1nc(N2C3CCC2CN(CC(C)O)C3)c2c3c(c(-c4ccc(F)c5sc(N)c(C#N)c45)c(F)c2n1)COC3.FC1CC2CCCN2C1. The first-order chi connectivity index (χ1) is 24.2. The van der Waals surface area contributed by atoms with Crippen LogP contribution in [0.3, 0.4) is 0 Å². The van der Waals surface area contributed by atoms with Crippen LogP contribution < -0.4 is 15.4 Å². The van der Waals surface area contributed by atoms with Gasteiger partial charge in [0.25, 0.3) is 0 Å². The number of hydrogen-bond acceptors (Lipinski definition) is 11. The maximum Gasteiger partial charge on any atom is 0.318 e. The van der Waals surface area contributed by atoms with Crippen molar-refractivity contribution >= 4 is 43.1 Å². The second-order valence-corrected chi connectivity index (χ2v) is 15.2. The highest BCUT2D eigenvalue weighted by atomic mass is 32.1. The van der Waals surface area contributed by atoms with Gasteiger partial charge in [0.05, 0.1) is 42.1 Å². The predicted octanol–water partition coefficient (Wildman–Crippen LogP) is 5.51. The van der Waals surface area contributed by atoms with Crippen molar-refractivity contribution < 1.29 is 27.8 Å². The van der Waals surface area contributed by atoms with E-state index in [1.807, 2.05) is 0 Å². The van der Waals surface area contributed by atoms with Gasteiger partial charge in [-0.1, -0.05) is 6.07 Å². The van der Waals surface area contributed by atoms with Gasteiger partial charge in [-0.3, -0.25) is 9.80 Å². The van der Waals surface area contributed by atoms with E-state index in [4.69, 9.17) is 20.2 Å². The standard InChI is InChI=1S/C29H28F2N6O3S.C7H12FN/c1-13(38)8-36-9-14-3-4-15(10-36)37(14)28-23-19-12-40-11-18(19)21(24(31)25(23)34-29(35-28)39-2)16-5-6-20(30)26-22(16)17(7-32)27(33)41-26;8-6-4-7-2-1-3-9(7)5-6/h5-6,13-15,38H,3-4,8-12,33H2,1-2H3;6-7H,1-5H2. The van der Waals surface area contributed by atoms with Crippen LogP contribution in [-0.2, 0) is 18.0 Å². The van der Waals surface area contributed by atoms with E-state index < -0.39 is 23.9 Å². The Bertz CT molecular complexity index is 1990. The van der Waals surface area contributed by atoms with Crippen LogP contribution in [0, 0.1) is 23.0 Å². The first-order valence-corrected chi connectivity index (χ1v) is 18.1. The molecule has 7 heterocycles. The van der Waals surface area contributed by atoms with Crippen molar-refractivity contribution in [1.29, 1.82) is 5.26 Å². The number of rotatable bonds is 5. The summed E-state index contributed by atoms with van der Waals surface area (Å²) in [6.07, 6.45) is 4.30. The monoisotopic (exact) mass is 707 g/mol. The van der Waals surface area contributed by atoms with Crippen molar-refractivity contribution in [3.8, 4) is 23.2 Å². The summed E-state index contributed by atoms with van der Waals surface area (Å²) < 4.78 is 55.9. The fourth-order valence-electron chi connectivity index (χ4n) is 8.95. The van der Waals surface area contributed by atoms with E-state index in [-0.39, 0.29) is 63.0 Å². The fourth-order valence-corrected chi connectivity index (χ4v) is 9.89. The lowest BCUT2D eigenvalue weighted by atomic mass is 9.90. The molecular formula is C36H40F3N7O3S. The number of nitrogens with zero attached hydrogens (tertiary/aromatic N) is 6. The Kier molecular flexibility index (Phi) is 8.75. The molecule has 50 heavy (non-hydrogen) atoms. The van der Waals surface area contributed by atoms with Gasteiger partial charge in [-0.25, -0.2) is 13.2 Å². The number of nitriles is 1. The van der Waals surface area contributed by atoms with Gasteiger partial charge in [0.15, 0.2) is 5.82 Å². The minimum atomic E-state index is -0.604. The lowest BCUT2D eigenvalue weighted by molar-refractivity contribution is 0.111. The van der Waals surface area contributed by atoms with Gasteiger partial charge in [0.2, 0.25) is 0 Å². The molecule has 5 aliphatic rings. The summed E-state index contributed by atoms with van der Waals surface area (Å²) in [6, 6.07) is 5.78. The van der Waals surface area contributed by atoms with E-state index in [1.54, 1.807) is 6.92 Å². The van der Waals surface area contributed by atoms with Gasteiger partial charge >= 0.3 is 6.01 Å². The molecule has 10 nitrogen and oxygen atoms in total. The maximum absolute atomic E-state index is 16.9. The number of piperazine rings is 1. The molecule has 0 amide bonds. The number of benzene rings is 2. The number of nitrogens with two attached hydrogens (primary N) is 1. The number of alkyl halides is 1. The molecule has 5 atom stereocenters. The van der Waals surface area contributed by atoms with Gasteiger partial charge in [0.1, 0.15) is 34.4 Å². The molecule has 2 bridgehead atoms. The predicted molar refractivity (Wildman–Crippen MR) is 186 cm³/mol. The van der Waals surface area contributed by atoms with Crippen LogP contribution in [0.15, 0.2) is 12.1 Å². The Morgan fingerprint density at radius 2 is 1.86 bits per heavy atom. The quantitative estimate of drug-likeness (QED) is 0.275. The van der Waals surface area contributed by atoms with E-state index in [9.17, 15) is 19.1 Å². The number of ether oxygens (including phenoxy) is 2. The molecule has 2 aromatic carbocycles. The Morgan fingerprint density at radius 3 is 2.56 bits per heavy atom. The van der Waals surface area contributed by atoms with Crippen molar-refractivity contribution in [3.63, 3.8) is 0 Å². The molecule has 4 saturated heterocycles. The van der Waals surface area contributed by atoms with Crippen molar-refractivity contribution in [2.45, 2.75) is 82.6 Å². The van der Waals surface area contributed by atoms with Gasteiger partial charge < -0.3 is 25.2 Å². The molecular weight excluding hydrogens is 668 g/mol. The summed E-state index contributed by atoms with van der Waals surface area (Å²) in [5, 5.41) is 20.9. The number of halogens is 3. The molecule has 4 fully saturated rings. The molecule has 264 valence electrons. The molecule has 9 rings (SSSR count). The summed E-state index contributed by atoms with van der Waals surface area (Å²) >= 11 is 0.975. The number of nitrogen functional groups attached to an aromatic ring is 1. The van der Waals surface area contributed by atoms with Crippen LogP contribution >= 0.6 is 11.3 Å². The van der Waals surface area contributed by atoms with E-state index in [0.29, 0.717) is 41.5 Å². The molecule has 5 aliphatic heterocycles. The van der Waals surface area contributed by atoms with E-state index >= 15 is 4.39 Å². The first-order valence-electron chi connectivity index (χ1n) is 17.3. The average molecular weight is 708 g/mol. The topological polar surface area (TPSA) is 124 Å². The molecule has 0 radical (unpaired) electrons. The van der Waals surface area contributed by atoms with E-state index in [0.717, 1.165) is 55.8 Å². The largest absolute Gasteiger partial charge is 0.467 e. The number of fused-ring (bicyclic) bond motifs is 7. The Morgan fingerprint density at radius 1 is 1.10 bits per heavy atom. The van der Waals surface area contributed by atoms with Crippen LogP contribution in [0.5, 0.6) is 6.01 Å². The zero-order chi connectivity index (χ0) is 34.8. The highest BCUT2D eigenvalue weighted by molar-refractivity contribution is 7.23.